The van der Waals surface area contributed by atoms with Crippen LogP contribution >= 0.6 is 11.6 Å². The van der Waals surface area contributed by atoms with Crippen LogP contribution in [-0.2, 0) is 0 Å². The number of hydrogen-bond donors (Lipinski definition) is 0. The van der Waals surface area contributed by atoms with Crippen LogP contribution in [0.1, 0.15) is 49.4 Å². The van der Waals surface area contributed by atoms with Gasteiger partial charge < -0.3 is 4.40 Å². The van der Waals surface area contributed by atoms with Crippen molar-refractivity contribution in [3.63, 3.8) is 0 Å². The standard InChI is InChI=1S/C17H9ClN2O3/c1-8(21)11-12-15(20-7-3-5-10(18)14(11)20)17(23)13-9(16(12)22)4-2-6-19-13/h2-7H,1H3. The predicted octanol–water partition coefficient (Wildman–Crippen LogP) is 2.97. The summed E-state index contributed by atoms with van der Waals surface area (Å²) in [6, 6.07) is 6.41. The van der Waals surface area contributed by atoms with E-state index in [-0.39, 0.29) is 45.4 Å². The summed E-state index contributed by atoms with van der Waals surface area (Å²) < 4.78 is 1.51. The Balaban J connectivity index is 2.23. The minimum Gasteiger partial charge on any atom is -0.311 e. The molecule has 0 radical (unpaired) electrons. The number of carbonyl (C=O) groups excluding carboxylic acids is 3. The molecule has 3 aromatic rings. The minimum atomic E-state index is -0.389. The van der Waals surface area contributed by atoms with Crippen LogP contribution in [0, 0.1) is 0 Å². The Morgan fingerprint density at radius 3 is 2.70 bits per heavy atom. The quantitative estimate of drug-likeness (QED) is 0.505. The van der Waals surface area contributed by atoms with Gasteiger partial charge >= 0.3 is 0 Å². The van der Waals surface area contributed by atoms with Crippen LogP contribution in [0.15, 0.2) is 36.7 Å². The Bertz CT molecular complexity index is 1050. The van der Waals surface area contributed by atoms with Crippen LogP contribution in [0.5, 0.6) is 0 Å². The van der Waals surface area contributed by atoms with Crippen molar-refractivity contribution in [2.75, 3.05) is 0 Å². The van der Waals surface area contributed by atoms with E-state index in [1.165, 1.54) is 17.5 Å². The van der Waals surface area contributed by atoms with Crippen molar-refractivity contribution in [2.24, 2.45) is 0 Å². The second-order valence-electron chi connectivity index (χ2n) is 5.29. The van der Waals surface area contributed by atoms with Gasteiger partial charge in [0.2, 0.25) is 5.78 Å². The zero-order valence-electron chi connectivity index (χ0n) is 12.0. The Morgan fingerprint density at radius 2 is 1.96 bits per heavy atom. The molecule has 0 aromatic carbocycles. The Morgan fingerprint density at radius 1 is 1.17 bits per heavy atom. The molecule has 112 valence electrons. The first kappa shape index (κ1) is 13.8. The normalized spacial score (nSPS) is 13.1. The van der Waals surface area contributed by atoms with Gasteiger partial charge in [-0.25, -0.2) is 0 Å². The molecule has 0 fully saturated rings. The minimum absolute atomic E-state index is 0.0967. The third-order valence-corrected chi connectivity index (χ3v) is 4.28. The summed E-state index contributed by atoms with van der Waals surface area (Å²) in [6.45, 7) is 1.36. The Hall–Kier alpha value is -2.79. The number of carbonyl (C=O) groups is 3. The third kappa shape index (κ3) is 1.68. The highest BCUT2D eigenvalue weighted by Crippen LogP contribution is 2.35. The van der Waals surface area contributed by atoms with Gasteiger partial charge in [0.15, 0.2) is 11.6 Å². The van der Waals surface area contributed by atoms with Crippen LogP contribution in [-0.4, -0.2) is 26.7 Å². The highest BCUT2D eigenvalue weighted by atomic mass is 35.5. The van der Waals surface area contributed by atoms with Crippen molar-refractivity contribution in [3.05, 3.63) is 69.8 Å². The number of halogens is 1. The monoisotopic (exact) mass is 324 g/mol. The number of Topliss-reactive ketones (excluding diaryl/α,β-unsaturated/α-hetero) is 1. The number of hydrogen-bond acceptors (Lipinski definition) is 4. The largest absolute Gasteiger partial charge is 0.311 e. The highest BCUT2D eigenvalue weighted by molar-refractivity contribution is 6.37. The van der Waals surface area contributed by atoms with E-state index in [1.807, 2.05) is 0 Å². The molecule has 0 bridgehead atoms. The van der Waals surface area contributed by atoms with Gasteiger partial charge in [0, 0.05) is 12.4 Å². The van der Waals surface area contributed by atoms with E-state index in [4.69, 9.17) is 11.6 Å². The summed E-state index contributed by atoms with van der Waals surface area (Å²) in [5.74, 6) is -1.09. The first-order chi connectivity index (χ1) is 11.0. The molecule has 0 saturated heterocycles. The van der Waals surface area contributed by atoms with Crippen LogP contribution in [0.2, 0.25) is 5.02 Å². The number of aromatic nitrogens is 2. The second-order valence-corrected chi connectivity index (χ2v) is 5.69. The summed E-state index contributed by atoms with van der Waals surface area (Å²) >= 11 is 6.22. The van der Waals surface area contributed by atoms with Crippen molar-refractivity contribution in [2.45, 2.75) is 6.92 Å². The topological polar surface area (TPSA) is 68.5 Å². The summed E-state index contributed by atoms with van der Waals surface area (Å²) in [5, 5.41) is 0.310. The molecule has 0 saturated carbocycles. The fourth-order valence-electron chi connectivity index (χ4n) is 3.07. The van der Waals surface area contributed by atoms with E-state index < -0.39 is 0 Å². The molecule has 0 atom stereocenters. The summed E-state index contributed by atoms with van der Waals surface area (Å²) in [4.78, 5) is 41.9. The SMILES string of the molecule is CC(=O)c1c2c(n3cccc(Cl)c13)C(=O)c1ncccc1C2=O. The van der Waals surface area contributed by atoms with E-state index in [9.17, 15) is 14.4 Å². The predicted molar refractivity (Wildman–Crippen MR) is 83.5 cm³/mol. The molecule has 3 aromatic heterocycles. The van der Waals surface area contributed by atoms with Crippen LogP contribution in [0.25, 0.3) is 5.52 Å². The first-order valence-electron chi connectivity index (χ1n) is 6.90. The van der Waals surface area contributed by atoms with E-state index in [0.717, 1.165) is 0 Å². The van der Waals surface area contributed by atoms with Gasteiger partial charge in [-0.05, 0) is 31.2 Å². The average molecular weight is 325 g/mol. The average Bonchev–Trinajstić information content (AvgIpc) is 2.90. The maximum atomic E-state index is 12.9. The molecular formula is C17H9ClN2O3. The van der Waals surface area contributed by atoms with Gasteiger partial charge in [0.25, 0.3) is 0 Å². The molecular weight excluding hydrogens is 316 g/mol. The maximum Gasteiger partial charge on any atom is 0.229 e. The lowest BCUT2D eigenvalue weighted by Crippen LogP contribution is -2.23. The molecule has 0 unspecified atom stereocenters. The zero-order valence-corrected chi connectivity index (χ0v) is 12.7. The molecule has 5 nitrogen and oxygen atoms in total. The van der Waals surface area contributed by atoms with Gasteiger partial charge in [-0.3, -0.25) is 19.4 Å². The zero-order chi connectivity index (χ0) is 16.3. The summed E-state index contributed by atoms with van der Waals surface area (Å²) in [6.07, 6.45) is 3.08. The van der Waals surface area contributed by atoms with Crippen LogP contribution < -0.4 is 0 Å². The lowest BCUT2D eigenvalue weighted by Gasteiger charge is -2.14. The number of ketones is 3. The highest BCUT2D eigenvalue weighted by Gasteiger charge is 2.38. The van der Waals surface area contributed by atoms with Crippen molar-refractivity contribution in [1.82, 2.24) is 9.38 Å². The Labute approximate surface area is 135 Å². The second kappa shape index (κ2) is 4.60. The molecule has 6 heteroatoms. The fraction of sp³-hybridized carbons (Fsp3) is 0.0588. The lowest BCUT2D eigenvalue weighted by molar-refractivity contribution is 0.0964. The van der Waals surface area contributed by atoms with Gasteiger partial charge in [-0.15, -0.1) is 0 Å². The van der Waals surface area contributed by atoms with Crippen LogP contribution in [0.4, 0.5) is 0 Å². The molecule has 0 N–H and O–H groups in total. The number of pyridine rings is 2. The number of fused-ring (bicyclic) bond motifs is 4. The molecule has 0 amide bonds. The molecule has 0 aliphatic heterocycles. The fourth-order valence-corrected chi connectivity index (χ4v) is 3.33. The molecule has 1 aliphatic carbocycles. The summed E-state index contributed by atoms with van der Waals surface area (Å²) in [5.41, 5.74) is 1.11. The molecule has 3 heterocycles. The van der Waals surface area contributed by atoms with Gasteiger partial charge in [0.05, 0.1) is 27.2 Å². The van der Waals surface area contributed by atoms with Crippen molar-refractivity contribution in [1.29, 1.82) is 0 Å². The Kier molecular flexibility index (Phi) is 2.77. The van der Waals surface area contributed by atoms with E-state index in [0.29, 0.717) is 10.5 Å². The van der Waals surface area contributed by atoms with Gasteiger partial charge in [-0.2, -0.15) is 0 Å². The first-order valence-corrected chi connectivity index (χ1v) is 7.28. The molecule has 23 heavy (non-hydrogen) atoms. The van der Waals surface area contributed by atoms with Crippen molar-refractivity contribution in [3.8, 4) is 0 Å². The van der Waals surface area contributed by atoms with E-state index in [1.54, 1.807) is 30.5 Å². The van der Waals surface area contributed by atoms with Gasteiger partial charge in [0.1, 0.15) is 11.4 Å². The molecule has 4 rings (SSSR count). The lowest BCUT2D eigenvalue weighted by atomic mass is 9.88. The van der Waals surface area contributed by atoms with Crippen molar-refractivity contribution >= 4 is 34.5 Å². The number of rotatable bonds is 1. The van der Waals surface area contributed by atoms with E-state index >= 15 is 0 Å². The van der Waals surface area contributed by atoms with Gasteiger partial charge in [-0.1, -0.05) is 11.6 Å². The number of nitrogens with zero attached hydrogens (tertiary/aromatic N) is 2. The van der Waals surface area contributed by atoms with Crippen molar-refractivity contribution < 1.29 is 14.4 Å². The third-order valence-electron chi connectivity index (χ3n) is 3.97. The summed E-state index contributed by atoms with van der Waals surface area (Å²) in [7, 11) is 0. The molecule has 0 spiro atoms. The smallest absolute Gasteiger partial charge is 0.229 e. The maximum absolute atomic E-state index is 12.9. The van der Waals surface area contributed by atoms with Crippen LogP contribution in [0.3, 0.4) is 0 Å². The molecule has 1 aliphatic rings. The van der Waals surface area contributed by atoms with E-state index in [2.05, 4.69) is 4.98 Å².